The summed E-state index contributed by atoms with van der Waals surface area (Å²) in [6, 6.07) is 28.7. The molecular weight excluding hydrogens is 324 g/mol. The number of fused-ring (bicyclic) bond motifs is 1. The molecule has 0 amide bonds. The van der Waals surface area contributed by atoms with Crippen molar-refractivity contribution in [3.63, 3.8) is 0 Å². The average molecular weight is 373 g/mol. The summed E-state index contributed by atoms with van der Waals surface area (Å²) >= 11 is 0. The van der Waals surface area contributed by atoms with Gasteiger partial charge in [0.25, 0.3) is 0 Å². The largest absolute Gasteiger partial charge is 0.0776 e. The summed E-state index contributed by atoms with van der Waals surface area (Å²) in [7, 11) is 0. The van der Waals surface area contributed by atoms with Gasteiger partial charge in [-0.15, -0.1) is 0 Å². The molecule has 0 spiro atoms. The number of hydrogen-bond acceptors (Lipinski definition) is 0. The lowest BCUT2D eigenvalue weighted by atomic mass is 10.1. The van der Waals surface area contributed by atoms with Gasteiger partial charge >= 0.3 is 0 Å². The normalized spacial score (nSPS) is 6.59. The number of rotatable bonds is 0. The number of benzene rings is 3. The van der Waals surface area contributed by atoms with Gasteiger partial charge in [0, 0.05) is 0 Å². The highest BCUT2D eigenvalue weighted by Crippen LogP contribution is 2.11. The van der Waals surface area contributed by atoms with E-state index in [0.717, 1.165) is 0 Å². The summed E-state index contributed by atoms with van der Waals surface area (Å²) in [4.78, 5) is 0. The monoisotopic (exact) mass is 372 g/mol. The molecule has 0 aliphatic heterocycles. The van der Waals surface area contributed by atoms with Crippen molar-refractivity contribution < 1.29 is 0 Å². The van der Waals surface area contributed by atoms with Gasteiger partial charge in [-0.05, 0) is 10.8 Å². The maximum absolute atomic E-state index is 2.12. The third-order valence-electron chi connectivity index (χ3n) is 2.33. The topological polar surface area (TPSA) is 0 Å². The van der Waals surface area contributed by atoms with E-state index in [1.54, 1.807) is 0 Å². The van der Waals surface area contributed by atoms with Crippen LogP contribution >= 0.6 is 0 Å². The van der Waals surface area contributed by atoms with Crippen LogP contribution in [-0.4, -0.2) is 0 Å². The molecule has 0 saturated heterocycles. The van der Waals surface area contributed by atoms with E-state index in [1.165, 1.54) is 10.8 Å². The summed E-state index contributed by atoms with van der Waals surface area (Å²) in [6.45, 7) is 20.0. The summed E-state index contributed by atoms with van der Waals surface area (Å²) < 4.78 is 0. The fraction of sp³-hybridized carbons (Fsp3) is 0.407. The Morgan fingerprint density at radius 2 is 0.444 bits per heavy atom. The second-order valence-electron chi connectivity index (χ2n) is 3.50. The Kier molecular flexibility index (Phi) is 52.1. The molecule has 0 atom stereocenters. The molecule has 0 radical (unpaired) electrons. The molecule has 0 aliphatic carbocycles. The van der Waals surface area contributed by atoms with Crippen molar-refractivity contribution in [1.29, 1.82) is 0 Å². The quantitative estimate of drug-likeness (QED) is 0.368. The zero-order valence-corrected chi connectivity index (χ0v) is 19.1. The Balaban J connectivity index is -0.0000000831. The first-order valence-electron chi connectivity index (χ1n) is 10.4. The standard InChI is InChI=1S/C10H8.C6H6.5C2H6.CH4/c1-2-6-10-8-4-3-7-9(10)5-1;1-2-4-6-5-3-1;5*1-2;/h1-8H;1-6H;5*1-2H3;1H4. The Morgan fingerprint density at radius 1 is 0.296 bits per heavy atom. The summed E-state index contributed by atoms with van der Waals surface area (Å²) in [5, 5.41) is 2.62. The van der Waals surface area contributed by atoms with Gasteiger partial charge in [0.1, 0.15) is 0 Å². The maximum Gasteiger partial charge on any atom is -0.0184 e. The molecule has 0 heteroatoms. The van der Waals surface area contributed by atoms with Crippen LogP contribution < -0.4 is 0 Å². The first kappa shape index (κ1) is 35.9. The van der Waals surface area contributed by atoms with Crippen molar-refractivity contribution in [2.24, 2.45) is 0 Å². The highest BCUT2D eigenvalue weighted by molar-refractivity contribution is 5.81. The van der Waals surface area contributed by atoms with E-state index >= 15 is 0 Å². The van der Waals surface area contributed by atoms with Crippen LogP contribution in [0, 0.1) is 0 Å². The van der Waals surface area contributed by atoms with E-state index in [0.29, 0.717) is 0 Å². The molecule has 0 unspecified atom stereocenters. The van der Waals surface area contributed by atoms with E-state index in [9.17, 15) is 0 Å². The highest BCUT2D eigenvalue weighted by atomic mass is 13.9. The van der Waals surface area contributed by atoms with E-state index in [1.807, 2.05) is 106 Å². The third-order valence-corrected chi connectivity index (χ3v) is 2.33. The van der Waals surface area contributed by atoms with Crippen molar-refractivity contribution in [3.8, 4) is 0 Å². The zero-order valence-electron chi connectivity index (χ0n) is 19.1. The van der Waals surface area contributed by atoms with Crippen molar-refractivity contribution in [2.75, 3.05) is 0 Å². The van der Waals surface area contributed by atoms with Crippen molar-refractivity contribution in [3.05, 3.63) is 84.9 Å². The Labute approximate surface area is 172 Å². The lowest BCUT2D eigenvalue weighted by Gasteiger charge is -1.92. The second kappa shape index (κ2) is 39.1. The Morgan fingerprint density at radius 3 is 0.593 bits per heavy atom. The Bertz CT molecular complexity index is 434. The van der Waals surface area contributed by atoms with E-state index in [2.05, 4.69) is 48.5 Å². The number of hydrogen-bond donors (Lipinski definition) is 0. The lowest BCUT2D eigenvalue weighted by Crippen LogP contribution is -1.67. The van der Waals surface area contributed by atoms with Gasteiger partial charge in [-0.3, -0.25) is 0 Å². The average Bonchev–Trinajstić information content (AvgIpc) is 2.82. The van der Waals surface area contributed by atoms with Crippen LogP contribution in [0.1, 0.15) is 76.7 Å². The van der Waals surface area contributed by atoms with Crippen LogP contribution in [0.5, 0.6) is 0 Å². The van der Waals surface area contributed by atoms with Gasteiger partial charge in [-0.25, -0.2) is 0 Å². The van der Waals surface area contributed by atoms with Gasteiger partial charge in [-0.2, -0.15) is 0 Å². The molecule has 0 nitrogen and oxygen atoms in total. The highest BCUT2D eigenvalue weighted by Gasteiger charge is 1.85. The van der Waals surface area contributed by atoms with Crippen LogP contribution in [-0.2, 0) is 0 Å². The van der Waals surface area contributed by atoms with Crippen LogP contribution in [0.15, 0.2) is 84.9 Å². The first-order valence-corrected chi connectivity index (χ1v) is 10.4. The molecule has 3 aromatic carbocycles. The zero-order chi connectivity index (χ0) is 21.1. The SMILES string of the molecule is C.CC.CC.CC.CC.CC.c1ccc2ccccc2c1.c1ccccc1. The first-order chi connectivity index (χ1) is 13.0. The molecule has 0 aliphatic rings. The predicted octanol–water partition coefficient (Wildman–Crippen LogP) is 10.3. The van der Waals surface area contributed by atoms with Gasteiger partial charge in [0.05, 0.1) is 0 Å². The summed E-state index contributed by atoms with van der Waals surface area (Å²) in [6.07, 6.45) is 0. The molecule has 0 N–H and O–H groups in total. The van der Waals surface area contributed by atoms with Crippen LogP contribution in [0.4, 0.5) is 0 Å². The van der Waals surface area contributed by atoms with Crippen LogP contribution in [0.2, 0.25) is 0 Å². The van der Waals surface area contributed by atoms with Gasteiger partial charge < -0.3 is 0 Å². The molecule has 0 saturated carbocycles. The Hall–Kier alpha value is -2.08. The van der Waals surface area contributed by atoms with Gasteiger partial charge in [0.2, 0.25) is 0 Å². The molecule has 0 aromatic heterocycles. The minimum atomic E-state index is 0. The summed E-state index contributed by atoms with van der Waals surface area (Å²) in [5.41, 5.74) is 0. The lowest BCUT2D eigenvalue weighted by molar-refractivity contribution is 1.50. The molecule has 0 fully saturated rings. The minimum absolute atomic E-state index is 0. The van der Waals surface area contributed by atoms with Gasteiger partial charge in [0.15, 0.2) is 0 Å². The fourth-order valence-electron chi connectivity index (χ4n) is 1.52. The smallest absolute Gasteiger partial charge is 0.0184 e. The predicted molar refractivity (Wildman–Crippen MR) is 134 cm³/mol. The molecule has 3 aromatic rings. The second-order valence-corrected chi connectivity index (χ2v) is 3.50. The molecule has 0 bridgehead atoms. The minimum Gasteiger partial charge on any atom is -0.0776 e. The van der Waals surface area contributed by atoms with E-state index < -0.39 is 0 Å². The maximum atomic E-state index is 2.12. The van der Waals surface area contributed by atoms with Crippen molar-refractivity contribution in [2.45, 2.75) is 76.7 Å². The van der Waals surface area contributed by atoms with Crippen molar-refractivity contribution >= 4 is 10.8 Å². The molecule has 27 heavy (non-hydrogen) atoms. The van der Waals surface area contributed by atoms with E-state index in [-0.39, 0.29) is 7.43 Å². The summed E-state index contributed by atoms with van der Waals surface area (Å²) in [5.74, 6) is 0. The fourth-order valence-corrected chi connectivity index (χ4v) is 1.52. The van der Waals surface area contributed by atoms with Crippen molar-refractivity contribution in [1.82, 2.24) is 0 Å². The van der Waals surface area contributed by atoms with Crippen LogP contribution in [0.3, 0.4) is 0 Å². The molecular formula is C27H48. The molecule has 0 heterocycles. The van der Waals surface area contributed by atoms with Gasteiger partial charge in [-0.1, -0.05) is 162 Å². The third kappa shape index (κ3) is 23.9. The van der Waals surface area contributed by atoms with E-state index in [4.69, 9.17) is 0 Å². The van der Waals surface area contributed by atoms with Crippen LogP contribution in [0.25, 0.3) is 10.8 Å². The molecule has 3 rings (SSSR count). The molecule has 156 valence electrons.